The fraction of sp³-hybridized carbons (Fsp3) is 0.667. The standard InChI is InChI=1S/C12H20/c1-3-11-9-7-5-6-8-10-12(11)4-2/h5-6H,3-4,7-10H2,1-2H3/b6-5-,12-11-. The number of allylic oxidation sites excluding steroid dienone is 4. The predicted octanol–water partition coefficient (Wildman–Crippen LogP) is 4.23. The third-order valence-corrected chi connectivity index (χ3v) is 2.75. The summed E-state index contributed by atoms with van der Waals surface area (Å²) in [4.78, 5) is 0. The summed E-state index contributed by atoms with van der Waals surface area (Å²) >= 11 is 0. The molecule has 1 aliphatic rings. The molecule has 0 atom stereocenters. The predicted molar refractivity (Wildman–Crippen MR) is 55.2 cm³/mol. The topological polar surface area (TPSA) is 0 Å². The zero-order chi connectivity index (χ0) is 8.81. The maximum atomic E-state index is 2.34. The molecule has 0 unspecified atom stereocenters. The second kappa shape index (κ2) is 5.18. The molecule has 0 heterocycles. The lowest BCUT2D eigenvalue weighted by Gasteiger charge is -2.13. The Balaban J connectivity index is 2.67. The van der Waals surface area contributed by atoms with Gasteiger partial charge in [0, 0.05) is 0 Å². The molecule has 12 heavy (non-hydrogen) atoms. The number of hydrogen-bond acceptors (Lipinski definition) is 0. The van der Waals surface area contributed by atoms with Crippen molar-refractivity contribution in [3.63, 3.8) is 0 Å². The van der Waals surface area contributed by atoms with E-state index in [4.69, 9.17) is 0 Å². The smallest absolute Gasteiger partial charge is 0.0283 e. The van der Waals surface area contributed by atoms with E-state index in [9.17, 15) is 0 Å². The van der Waals surface area contributed by atoms with Crippen LogP contribution in [0.4, 0.5) is 0 Å². The molecule has 0 heteroatoms. The van der Waals surface area contributed by atoms with E-state index < -0.39 is 0 Å². The van der Waals surface area contributed by atoms with E-state index in [0.717, 1.165) is 0 Å². The molecule has 1 rings (SSSR count). The first-order chi connectivity index (χ1) is 5.88. The molecule has 68 valence electrons. The van der Waals surface area contributed by atoms with Crippen LogP contribution in [0.2, 0.25) is 0 Å². The highest BCUT2D eigenvalue weighted by Gasteiger charge is 2.04. The van der Waals surface area contributed by atoms with Gasteiger partial charge in [-0.1, -0.05) is 37.1 Å². The first-order valence-electron chi connectivity index (χ1n) is 5.23. The largest absolute Gasteiger partial charge is 0.0882 e. The highest BCUT2D eigenvalue weighted by Crippen LogP contribution is 2.24. The summed E-state index contributed by atoms with van der Waals surface area (Å²) in [6.45, 7) is 4.58. The highest BCUT2D eigenvalue weighted by molar-refractivity contribution is 5.16. The van der Waals surface area contributed by atoms with Crippen LogP contribution < -0.4 is 0 Å². The molecule has 0 amide bonds. The van der Waals surface area contributed by atoms with E-state index in [1.807, 2.05) is 0 Å². The van der Waals surface area contributed by atoms with Gasteiger partial charge in [-0.05, 0) is 38.5 Å². The number of rotatable bonds is 2. The van der Waals surface area contributed by atoms with Gasteiger partial charge >= 0.3 is 0 Å². The molecule has 0 N–H and O–H groups in total. The normalized spacial score (nSPS) is 27.8. The van der Waals surface area contributed by atoms with Gasteiger partial charge < -0.3 is 0 Å². The van der Waals surface area contributed by atoms with Gasteiger partial charge in [0.2, 0.25) is 0 Å². The fourth-order valence-corrected chi connectivity index (χ4v) is 1.96. The van der Waals surface area contributed by atoms with Crippen molar-refractivity contribution in [2.24, 2.45) is 0 Å². The van der Waals surface area contributed by atoms with Gasteiger partial charge in [-0.25, -0.2) is 0 Å². The summed E-state index contributed by atoms with van der Waals surface area (Å²) in [5.74, 6) is 0. The molecule has 0 aliphatic heterocycles. The molecule has 0 fully saturated rings. The van der Waals surface area contributed by atoms with E-state index in [2.05, 4.69) is 26.0 Å². The lowest BCUT2D eigenvalue weighted by Crippen LogP contribution is -1.93. The van der Waals surface area contributed by atoms with Crippen molar-refractivity contribution in [1.29, 1.82) is 0 Å². The summed E-state index contributed by atoms with van der Waals surface area (Å²) in [5.41, 5.74) is 3.45. The first kappa shape index (κ1) is 9.57. The Morgan fingerprint density at radius 2 is 1.33 bits per heavy atom. The van der Waals surface area contributed by atoms with Crippen molar-refractivity contribution in [2.45, 2.75) is 52.4 Å². The van der Waals surface area contributed by atoms with Crippen LogP contribution in [0.15, 0.2) is 23.3 Å². The number of hydrogen-bond donors (Lipinski definition) is 0. The molecule has 0 nitrogen and oxygen atoms in total. The van der Waals surface area contributed by atoms with Crippen LogP contribution in [0.1, 0.15) is 52.4 Å². The van der Waals surface area contributed by atoms with Crippen LogP contribution in [-0.4, -0.2) is 0 Å². The molecule has 0 aromatic heterocycles. The van der Waals surface area contributed by atoms with Gasteiger partial charge in [0.1, 0.15) is 0 Å². The summed E-state index contributed by atoms with van der Waals surface area (Å²) in [6.07, 6.45) is 12.3. The van der Waals surface area contributed by atoms with Crippen LogP contribution in [0.5, 0.6) is 0 Å². The third-order valence-electron chi connectivity index (χ3n) is 2.75. The Kier molecular flexibility index (Phi) is 4.13. The minimum Gasteiger partial charge on any atom is -0.0882 e. The molecule has 0 aromatic carbocycles. The average molecular weight is 164 g/mol. The molecule has 0 radical (unpaired) electrons. The van der Waals surface area contributed by atoms with Crippen LogP contribution in [-0.2, 0) is 0 Å². The van der Waals surface area contributed by atoms with Crippen molar-refractivity contribution in [1.82, 2.24) is 0 Å². The molecule has 0 saturated carbocycles. The maximum absolute atomic E-state index is 2.34. The van der Waals surface area contributed by atoms with Crippen molar-refractivity contribution in [3.05, 3.63) is 23.3 Å². The van der Waals surface area contributed by atoms with Crippen LogP contribution in [0, 0.1) is 0 Å². The molecule has 0 aromatic rings. The lowest BCUT2D eigenvalue weighted by molar-refractivity contribution is 0.793. The Hall–Kier alpha value is -0.520. The van der Waals surface area contributed by atoms with E-state index >= 15 is 0 Å². The Labute approximate surface area is 76.4 Å². The van der Waals surface area contributed by atoms with E-state index in [-0.39, 0.29) is 0 Å². The van der Waals surface area contributed by atoms with E-state index in [1.54, 1.807) is 11.1 Å². The van der Waals surface area contributed by atoms with Crippen molar-refractivity contribution in [3.8, 4) is 0 Å². The summed E-state index contributed by atoms with van der Waals surface area (Å²) < 4.78 is 0. The molecule has 0 saturated heterocycles. The maximum Gasteiger partial charge on any atom is -0.0283 e. The van der Waals surface area contributed by atoms with Gasteiger partial charge in [0.25, 0.3) is 0 Å². The average Bonchev–Trinajstić information content (AvgIpc) is 2.05. The van der Waals surface area contributed by atoms with Crippen LogP contribution in [0.3, 0.4) is 0 Å². The summed E-state index contributed by atoms with van der Waals surface area (Å²) in [6, 6.07) is 0. The second-order valence-electron chi connectivity index (χ2n) is 3.46. The zero-order valence-corrected chi connectivity index (χ0v) is 8.40. The van der Waals surface area contributed by atoms with Crippen molar-refractivity contribution >= 4 is 0 Å². The zero-order valence-electron chi connectivity index (χ0n) is 8.40. The second-order valence-corrected chi connectivity index (χ2v) is 3.46. The van der Waals surface area contributed by atoms with Crippen molar-refractivity contribution < 1.29 is 0 Å². The quantitative estimate of drug-likeness (QED) is 0.536. The van der Waals surface area contributed by atoms with E-state index in [1.165, 1.54) is 38.5 Å². The van der Waals surface area contributed by atoms with Crippen LogP contribution in [0.25, 0.3) is 0 Å². The Morgan fingerprint density at radius 1 is 0.917 bits per heavy atom. The Morgan fingerprint density at radius 3 is 1.67 bits per heavy atom. The van der Waals surface area contributed by atoms with Gasteiger partial charge in [0.15, 0.2) is 0 Å². The first-order valence-corrected chi connectivity index (χ1v) is 5.23. The monoisotopic (exact) mass is 164 g/mol. The molecule has 1 aliphatic carbocycles. The lowest BCUT2D eigenvalue weighted by atomic mass is 9.93. The summed E-state index contributed by atoms with van der Waals surface area (Å²) in [5, 5.41) is 0. The summed E-state index contributed by atoms with van der Waals surface area (Å²) in [7, 11) is 0. The minimum atomic E-state index is 1.26. The van der Waals surface area contributed by atoms with Crippen LogP contribution >= 0.6 is 0 Å². The van der Waals surface area contributed by atoms with Gasteiger partial charge in [-0.15, -0.1) is 0 Å². The van der Waals surface area contributed by atoms with E-state index in [0.29, 0.717) is 0 Å². The van der Waals surface area contributed by atoms with Gasteiger partial charge in [-0.3, -0.25) is 0 Å². The SMILES string of the molecule is CC/C1=C(\CC)CC/C=C\CC1. The van der Waals surface area contributed by atoms with Crippen molar-refractivity contribution in [2.75, 3.05) is 0 Å². The third kappa shape index (κ3) is 2.51. The van der Waals surface area contributed by atoms with Gasteiger partial charge in [-0.2, -0.15) is 0 Å². The Bertz CT molecular complexity index is 164. The molecule has 0 bridgehead atoms. The highest BCUT2D eigenvalue weighted by atomic mass is 14.1. The molecular weight excluding hydrogens is 144 g/mol. The van der Waals surface area contributed by atoms with Gasteiger partial charge in [0.05, 0.1) is 0 Å². The minimum absolute atomic E-state index is 1.26. The molecular formula is C12H20. The molecule has 0 spiro atoms. The fourth-order valence-electron chi connectivity index (χ4n) is 1.96.